The summed E-state index contributed by atoms with van der Waals surface area (Å²) in [5, 5.41) is 3.46. The third-order valence-electron chi connectivity index (χ3n) is 3.63. The zero-order chi connectivity index (χ0) is 13.5. The summed E-state index contributed by atoms with van der Waals surface area (Å²) in [6, 6.07) is 0.214. The van der Waals surface area contributed by atoms with Gasteiger partial charge in [-0.15, -0.1) is 0 Å². The first-order valence-corrected chi connectivity index (χ1v) is 7.26. The molecular formula is C14H28N2O2. The SMILES string of the molecule is CCCC(COC)N1C(=O)C(CC)NC1CCC. The average molecular weight is 256 g/mol. The summed E-state index contributed by atoms with van der Waals surface area (Å²) in [5.41, 5.74) is 0. The molecule has 1 fully saturated rings. The molecule has 1 rings (SSSR count). The van der Waals surface area contributed by atoms with Crippen molar-refractivity contribution in [2.75, 3.05) is 13.7 Å². The van der Waals surface area contributed by atoms with Gasteiger partial charge in [-0.05, 0) is 19.3 Å². The van der Waals surface area contributed by atoms with Crippen LogP contribution in [-0.2, 0) is 9.53 Å². The van der Waals surface area contributed by atoms with Gasteiger partial charge in [0.25, 0.3) is 0 Å². The van der Waals surface area contributed by atoms with E-state index in [9.17, 15) is 4.79 Å². The molecule has 1 saturated heterocycles. The highest BCUT2D eigenvalue weighted by atomic mass is 16.5. The van der Waals surface area contributed by atoms with Crippen molar-refractivity contribution in [3.63, 3.8) is 0 Å². The van der Waals surface area contributed by atoms with E-state index in [1.807, 2.05) is 4.90 Å². The molecule has 1 heterocycles. The minimum atomic E-state index is -0.00207. The Balaban J connectivity index is 2.80. The predicted molar refractivity (Wildman–Crippen MR) is 73.3 cm³/mol. The first-order chi connectivity index (χ1) is 8.69. The molecule has 4 nitrogen and oxygen atoms in total. The van der Waals surface area contributed by atoms with Gasteiger partial charge in [0.2, 0.25) is 5.91 Å². The normalized spacial score (nSPS) is 25.8. The predicted octanol–water partition coefficient (Wildman–Crippen LogP) is 2.14. The molecule has 0 saturated carbocycles. The number of carbonyl (C=O) groups is 1. The van der Waals surface area contributed by atoms with Crippen LogP contribution in [0.1, 0.15) is 52.9 Å². The molecule has 3 atom stereocenters. The smallest absolute Gasteiger partial charge is 0.241 e. The Morgan fingerprint density at radius 1 is 1.33 bits per heavy atom. The Labute approximate surface area is 111 Å². The molecule has 3 unspecified atom stereocenters. The third kappa shape index (κ3) is 3.45. The molecule has 0 spiro atoms. The van der Waals surface area contributed by atoms with Gasteiger partial charge in [0.1, 0.15) is 0 Å². The second kappa shape index (κ2) is 7.74. The zero-order valence-corrected chi connectivity index (χ0v) is 12.2. The fourth-order valence-corrected chi connectivity index (χ4v) is 2.77. The monoisotopic (exact) mass is 256 g/mol. The number of amides is 1. The van der Waals surface area contributed by atoms with Crippen molar-refractivity contribution in [1.29, 1.82) is 0 Å². The van der Waals surface area contributed by atoms with E-state index in [4.69, 9.17) is 4.74 Å². The minimum Gasteiger partial charge on any atom is -0.383 e. The Bertz CT molecular complexity index is 252. The summed E-state index contributed by atoms with van der Waals surface area (Å²) >= 11 is 0. The molecule has 18 heavy (non-hydrogen) atoms. The van der Waals surface area contributed by atoms with Gasteiger partial charge in [0.15, 0.2) is 0 Å². The van der Waals surface area contributed by atoms with Crippen LogP contribution in [0.5, 0.6) is 0 Å². The number of nitrogens with zero attached hydrogens (tertiary/aromatic N) is 1. The van der Waals surface area contributed by atoms with Crippen molar-refractivity contribution in [1.82, 2.24) is 10.2 Å². The summed E-state index contributed by atoms with van der Waals surface area (Å²) in [4.78, 5) is 14.5. The van der Waals surface area contributed by atoms with Gasteiger partial charge in [0.05, 0.1) is 24.9 Å². The highest BCUT2D eigenvalue weighted by molar-refractivity contribution is 5.84. The van der Waals surface area contributed by atoms with Crippen LogP contribution in [-0.4, -0.2) is 42.8 Å². The van der Waals surface area contributed by atoms with Crippen molar-refractivity contribution >= 4 is 5.91 Å². The molecule has 4 heteroatoms. The van der Waals surface area contributed by atoms with E-state index in [1.54, 1.807) is 7.11 Å². The van der Waals surface area contributed by atoms with Gasteiger partial charge < -0.3 is 9.64 Å². The van der Waals surface area contributed by atoms with Crippen LogP contribution >= 0.6 is 0 Å². The van der Waals surface area contributed by atoms with Crippen LogP contribution < -0.4 is 5.32 Å². The van der Waals surface area contributed by atoms with E-state index in [0.717, 1.165) is 32.1 Å². The van der Waals surface area contributed by atoms with Crippen LogP contribution in [0.25, 0.3) is 0 Å². The van der Waals surface area contributed by atoms with Gasteiger partial charge in [-0.2, -0.15) is 0 Å². The topological polar surface area (TPSA) is 41.6 Å². The highest BCUT2D eigenvalue weighted by Gasteiger charge is 2.40. The van der Waals surface area contributed by atoms with Crippen molar-refractivity contribution in [2.45, 2.75) is 71.1 Å². The van der Waals surface area contributed by atoms with Crippen molar-refractivity contribution in [3.05, 3.63) is 0 Å². The van der Waals surface area contributed by atoms with Gasteiger partial charge in [-0.25, -0.2) is 0 Å². The summed E-state index contributed by atoms with van der Waals surface area (Å²) in [5.74, 6) is 0.256. The number of nitrogens with one attached hydrogen (secondary N) is 1. The van der Waals surface area contributed by atoms with E-state index in [2.05, 4.69) is 26.1 Å². The molecule has 0 aromatic rings. The Morgan fingerprint density at radius 2 is 2.06 bits per heavy atom. The fraction of sp³-hybridized carbons (Fsp3) is 0.929. The number of hydrogen-bond acceptors (Lipinski definition) is 3. The van der Waals surface area contributed by atoms with Crippen molar-refractivity contribution in [2.24, 2.45) is 0 Å². The minimum absolute atomic E-state index is 0.00207. The summed E-state index contributed by atoms with van der Waals surface area (Å²) in [7, 11) is 1.71. The van der Waals surface area contributed by atoms with E-state index in [-0.39, 0.29) is 24.2 Å². The second-order valence-electron chi connectivity index (χ2n) is 5.08. The second-order valence-corrected chi connectivity index (χ2v) is 5.08. The summed E-state index contributed by atoms with van der Waals surface area (Å²) < 4.78 is 5.29. The van der Waals surface area contributed by atoms with E-state index in [1.165, 1.54) is 0 Å². The molecule has 1 aliphatic rings. The van der Waals surface area contributed by atoms with Crippen LogP contribution in [0.2, 0.25) is 0 Å². The molecule has 0 radical (unpaired) electrons. The first kappa shape index (κ1) is 15.4. The maximum atomic E-state index is 12.4. The van der Waals surface area contributed by atoms with Crippen molar-refractivity contribution in [3.8, 4) is 0 Å². The van der Waals surface area contributed by atoms with Gasteiger partial charge in [-0.3, -0.25) is 10.1 Å². The molecular weight excluding hydrogens is 228 g/mol. The third-order valence-corrected chi connectivity index (χ3v) is 3.63. The van der Waals surface area contributed by atoms with E-state index in [0.29, 0.717) is 6.61 Å². The Morgan fingerprint density at radius 3 is 2.56 bits per heavy atom. The number of ether oxygens (including phenoxy) is 1. The lowest BCUT2D eigenvalue weighted by Gasteiger charge is -2.32. The van der Waals surface area contributed by atoms with Gasteiger partial charge >= 0.3 is 0 Å². The standard InChI is InChI=1S/C14H28N2O2/c1-5-8-11(10-18-4)16-13(9-6-2)15-12(7-3)14(16)17/h11-13,15H,5-10H2,1-4H3. The lowest BCUT2D eigenvalue weighted by atomic mass is 10.1. The van der Waals surface area contributed by atoms with Crippen LogP contribution in [0.3, 0.4) is 0 Å². The zero-order valence-electron chi connectivity index (χ0n) is 12.2. The molecule has 0 aromatic carbocycles. The molecule has 1 amide bonds. The van der Waals surface area contributed by atoms with Crippen LogP contribution in [0.15, 0.2) is 0 Å². The maximum Gasteiger partial charge on any atom is 0.241 e. The lowest BCUT2D eigenvalue weighted by molar-refractivity contribution is -0.133. The summed E-state index contributed by atoms with van der Waals surface area (Å²) in [6.07, 6.45) is 5.25. The number of methoxy groups -OCH3 is 1. The van der Waals surface area contributed by atoms with Crippen molar-refractivity contribution < 1.29 is 9.53 Å². The van der Waals surface area contributed by atoms with Gasteiger partial charge in [-0.1, -0.05) is 33.6 Å². The molecule has 0 aliphatic carbocycles. The largest absolute Gasteiger partial charge is 0.383 e. The quantitative estimate of drug-likeness (QED) is 0.723. The lowest BCUT2D eigenvalue weighted by Crippen LogP contribution is -2.46. The molecule has 106 valence electrons. The fourth-order valence-electron chi connectivity index (χ4n) is 2.77. The number of carbonyl (C=O) groups excluding carboxylic acids is 1. The maximum absolute atomic E-state index is 12.4. The highest BCUT2D eigenvalue weighted by Crippen LogP contribution is 2.22. The Kier molecular flexibility index (Phi) is 6.65. The number of rotatable bonds is 8. The Hall–Kier alpha value is -0.610. The molecule has 0 aromatic heterocycles. The molecule has 0 bridgehead atoms. The van der Waals surface area contributed by atoms with E-state index < -0.39 is 0 Å². The van der Waals surface area contributed by atoms with Crippen LogP contribution in [0.4, 0.5) is 0 Å². The molecule has 1 N–H and O–H groups in total. The van der Waals surface area contributed by atoms with Crippen LogP contribution in [0, 0.1) is 0 Å². The van der Waals surface area contributed by atoms with E-state index >= 15 is 0 Å². The number of hydrogen-bond donors (Lipinski definition) is 1. The summed E-state index contributed by atoms with van der Waals surface area (Å²) in [6.45, 7) is 7.02. The van der Waals surface area contributed by atoms with Gasteiger partial charge in [0, 0.05) is 7.11 Å². The average Bonchev–Trinajstić information content (AvgIpc) is 2.66. The first-order valence-electron chi connectivity index (χ1n) is 7.26. The molecule has 1 aliphatic heterocycles.